The zero-order valence-electron chi connectivity index (χ0n) is 18.6. The SMILES string of the molecule is Cc1cc(N2CCN(C3CCCCC3)CC2)n2nc(C(F)(F)F)c(-c3ccc(F)cc3)c2n1. The molecule has 0 amide bonds. The Bertz CT molecular complexity index is 1120. The average Bonchev–Trinajstić information content (AvgIpc) is 3.20. The molecule has 5 rings (SSSR count). The summed E-state index contributed by atoms with van der Waals surface area (Å²) >= 11 is 0. The lowest BCUT2D eigenvalue weighted by molar-refractivity contribution is -0.140. The van der Waals surface area contributed by atoms with Gasteiger partial charge in [0, 0.05) is 44.0 Å². The number of benzene rings is 1. The van der Waals surface area contributed by atoms with Crippen LogP contribution in [0.2, 0.25) is 0 Å². The molecule has 3 heterocycles. The minimum absolute atomic E-state index is 0.117. The van der Waals surface area contributed by atoms with Crippen molar-refractivity contribution in [2.45, 2.75) is 51.2 Å². The van der Waals surface area contributed by atoms with Crippen LogP contribution in [0.5, 0.6) is 0 Å². The van der Waals surface area contributed by atoms with E-state index in [1.54, 1.807) is 13.0 Å². The molecule has 9 heteroatoms. The van der Waals surface area contributed by atoms with E-state index in [4.69, 9.17) is 0 Å². The molecule has 1 aromatic carbocycles. The molecule has 5 nitrogen and oxygen atoms in total. The van der Waals surface area contributed by atoms with E-state index in [9.17, 15) is 17.6 Å². The molecule has 1 saturated heterocycles. The molecule has 1 saturated carbocycles. The standard InChI is InChI=1S/C24H27F4N5/c1-16-15-20(32-13-11-31(12-14-32)19-5-3-2-4-6-19)33-23(29-16)21(22(30-33)24(26,27)28)17-7-9-18(25)10-8-17/h7-10,15,19H,2-6,11-14H2,1H3. The zero-order chi connectivity index (χ0) is 23.2. The average molecular weight is 462 g/mol. The molecule has 33 heavy (non-hydrogen) atoms. The quantitative estimate of drug-likeness (QED) is 0.495. The molecule has 0 unspecified atom stereocenters. The number of fused-ring (bicyclic) bond motifs is 1. The number of piperazine rings is 1. The van der Waals surface area contributed by atoms with Crippen molar-refractivity contribution in [2.75, 3.05) is 31.1 Å². The number of alkyl halides is 3. The molecule has 0 spiro atoms. The molecule has 2 aliphatic rings. The van der Waals surface area contributed by atoms with E-state index in [0.29, 0.717) is 17.6 Å². The van der Waals surface area contributed by atoms with Crippen LogP contribution in [0.3, 0.4) is 0 Å². The second kappa shape index (κ2) is 8.59. The first-order valence-electron chi connectivity index (χ1n) is 11.5. The van der Waals surface area contributed by atoms with Crippen LogP contribution >= 0.6 is 0 Å². The summed E-state index contributed by atoms with van der Waals surface area (Å²) in [4.78, 5) is 9.04. The maximum atomic E-state index is 14.0. The monoisotopic (exact) mass is 461 g/mol. The molecule has 0 N–H and O–H groups in total. The normalized spacial score (nSPS) is 18.9. The fraction of sp³-hybridized carbons (Fsp3) is 0.500. The van der Waals surface area contributed by atoms with Gasteiger partial charge in [-0.2, -0.15) is 22.8 Å². The second-order valence-electron chi connectivity index (χ2n) is 9.03. The maximum absolute atomic E-state index is 14.0. The van der Waals surface area contributed by atoms with Gasteiger partial charge >= 0.3 is 6.18 Å². The fourth-order valence-corrected chi connectivity index (χ4v) is 5.19. The van der Waals surface area contributed by atoms with Crippen molar-refractivity contribution >= 4 is 11.5 Å². The smallest absolute Gasteiger partial charge is 0.354 e. The van der Waals surface area contributed by atoms with E-state index in [-0.39, 0.29) is 16.8 Å². The van der Waals surface area contributed by atoms with E-state index >= 15 is 0 Å². The Balaban J connectivity index is 1.53. The molecule has 2 fully saturated rings. The Kier molecular flexibility index (Phi) is 5.76. The molecule has 1 aliphatic carbocycles. The highest BCUT2D eigenvalue weighted by molar-refractivity contribution is 5.81. The highest BCUT2D eigenvalue weighted by Crippen LogP contribution is 2.39. The Labute approximate surface area is 190 Å². The minimum Gasteiger partial charge on any atom is -0.354 e. The molecule has 2 aromatic heterocycles. The van der Waals surface area contributed by atoms with Crippen LogP contribution in [0.15, 0.2) is 30.3 Å². The zero-order valence-corrected chi connectivity index (χ0v) is 18.6. The van der Waals surface area contributed by atoms with Crippen molar-refractivity contribution in [3.63, 3.8) is 0 Å². The number of hydrogen-bond donors (Lipinski definition) is 0. The van der Waals surface area contributed by atoms with Crippen molar-refractivity contribution < 1.29 is 17.6 Å². The number of rotatable bonds is 3. The molecular formula is C24H27F4N5. The molecule has 0 atom stereocenters. The maximum Gasteiger partial charge on any atom is 0.435 e. The molecule has 0 bridgehead atoms. The fourth-order valence-electron chi connectivity index (χ4n) is 5.19. The Morgan fingerprint density at radius 2 is 1.61 bits per heavy atom. The van der Waals surface area contributed by atoms with Gasteiger partial charge in [-0.1, -0.05) is 31.4 Å². The number of aromatic nitrogens is 3. The van der Waals surface area contributed by atoms with Crippen molar-refractivity contribution in [1.82, 2.24) is 19.5 Å². The van der Waals surface area contributed by atoms with Gasteiger partial charge in [-0.15, -0.1) is 0 Å². The second-order valence-corrected chi connectivity index (χ2v) is 9.03. The largest absolute Gasteiger partial charge is 0.435 e. The van der Waals surface area contributed by atoms with Gasteiger partial charge in [0.2, 0.25) is 0 Å². The number of aryl methyl sites for hydroxylation is 1. The summed E-state index contributed by atoms with van der Waals surface area (Å²) in [5.74, 6) is 0.101. The van der Waals surface area contributed by atoms with Crippen LogP contribution in [-0.4, -0.2) is 51.7 Å². The van der Waals surface area contributed by atoms with Gasteiger partial charge in [0.25, 0.3) is 0 Å². The third-order valence-electron chi connectivity index (χ3n) is 6.83. The molecule has 176 valence electrons. The van der Waals surface area contributed by atoms with Crippen molar-refractivity contribution in [2.24, 2.45) is 0 Å². The first kappa shape index (κ1) is 22.1. The highest BCUT2D eigenvalue weighted by Gasteiger charge is 2.40. The lowest BCUT2D eigenvalue weighted by atomic mass is 9.94. The molecule has 0 radical (unpaired) electrons. The van der Waals surface area contributed by atoms with Crippen LogP contribution in [0.25, 0.3) is 16.8 Å². The van der Waals surface area contributed by atoms with Crippen LogP contribution in [0.4, 0.5) is 23.4 Å². The van der Waals surface area contributed by atoms with Gasteiger partial charge in [0.1, 0.15) is 11.6 Å². The first-order valence-corrected chi connectivity index (χ1v) is 11.5. The summed E-state index contributed by atoms with van der Waals surface area (Å²) < 4.78 is 56.7. The van der Waals surface area contributed by atoms with Gasteiger partial charge in [-0.3, -0.25) is 4.90 Å². The van der Waals surface area contributed by atoms with Crippen molar-refractivity contribution in [3.05, 3.63) is 47.5 Å². The first-order chi connectivity index (χ1) is 15.8. The lowest BCUT2D eigenvalue weighted by Crippen LogP contribution is -2.51. The number of halogens is 4. The van der Waals surface area contributed by atoms with Gasteiger partial charge in [0.05, 0.1) is 5.56 Å². The van der Waals surface area contributed by atoms with E-state index in [1.165, 1.54) is 48.8 Å². The van der Waals surface area contributed by atoms with Crippen molar-refractivity contribution in [1.29, 1.82) is 0 Å². The predicted molar refractivity (Wildman–Crippen MR) is 119 cm³/mol. The molecule has 3 aromatic rings. The van der Waals surface area contributed by atoms with Gasteiger partial charge in [0.15, 0.2) is 11.3 Å². The topological polar surface area (TPSA) is 36.7 Å². The van der Waals surface area contributed by atoms with Crippen LogP contribution in [-0.2, 0) is 6.18 Å². The third kappa shape index (κ3) is 4.30. The summed E-state index contributed by atoms with van der Waals surface area (Å²) in [7, 11) is 0. The summed E-state index contributed by atoms with van der Waals surface area (Å²) in [5.41, 5.74) is -0.129. The summed E-state index contributed by atoms with van der Waals surface area (Å²) in [6.45, 7) is 4.98. The van der Waals surface area contributed by atoms with Gasteiger partial charge in [-0.05, 0) is 37.5 Å². The number of nitrogens with zero attached hydrogens (tertiary/aromatic N) is 5. The van der Waals surface area contributed by atoms with E-state index in [1.807, 2.05) is 0 Å². The van der Waals surface area contributed by atoms with Crippen molar-refractivity contribution in [3.8, 4) is 11.1 Å². The lowest BCUT2D eigenvalue weighted by Gasteiger charge is -2.41. The van der Waals surface area contributed by atoms with Crippen LogP contribution < -0.4 is 4.90 Å². The number of anilines is 1. The van der Waals surface area contributed by atoms with Gasteiger partial charge < -0.3 is 4.90 Å². The molecule has 1 aliphatic heterocycles. The Morgan fingerprint density at radius 3 is 2.24 bits per heavy atom. The predicted octanol–water partition coefficient (Wildman–Crippen LogP) is 5.32. The highest BCUT2D eigenvalue weighted by atomic mass is 19.4. The molecular weight excluding hydrogens is 434 g/mol. The van der Waals surface area contributed by atoms with Crippen LogP contribution in [0.1, 0.15) is 43.5 Å². The summed E-state index contributed by atoms with van der Waals surface area (Å²) in [6, 6.07) is 7.40. The number of hydrogen-bond acceptors (Lipinski definition) is 4. The van der Waals surface area contributed by atoms with Crippen LogP contribution in [0, 0.1) is 12.7 Å². The van der Waals surface area contributed by atoms with E-state index in [0.717, 1.165) is 38.3 Å². The Hall–Kier alpha value is -2.68. The minimum atomic E-state index is -4.66. The van der Waals surface area contributed by atoms with E-state index in [2.05, 4.69) is 19.9 Å². The van der Waals surface area contributed by atoms with E-state index < -0.39 is 17.7 Å². The third-order valence-corrected chi connectivity index (χ3v) is 6.83. The Morgan fingerprint density at radius 1 is 0.939 bits per heavy atom. The summed E-state index contributed by atoms with van der Waals surface area (Å²) in [6.07, 6.45) is 1.65. The summed E-state index contributed by atoms with van der Waals surface area (Å²) in [5, 5.41) is 3.99. The van der Waals surface area contributed by atoms with Gasteiger partial charge in [-0.25, -0.2) is 9.37 Å².